The van der Waals surface area contributed by atoms with Crippen LogP contribution in [0, 0.1) is 5.92 Å². The number of carbonyl (C=O) groups excluding carboxylic acids is 1. The van der Waals surface area contributed by atoms with Gasteiger partial charge >= 0.3 is 0 Å². The van der Waals surface area contributed by atoms with Crippen molar-refractivity contribution >= 4 is 17.7 Å². The van der Waals surface area contributed by atoms with Crippen molar-refractivity contribution in [2.75, 3.05) is 12.0 Å². The molecule has 3 N–H and O–H groups in total. The molecule has 0 spiro atoms. The summed E-state index contributed by atoms with van der Waals surface area (Å²) >= 11 is 1.72. The van der Waals surface area contributed by atoms with Crippen LogP contribution >= 0.6 is 11.8 Å². The minimum atomic E-state index is -0.385. The third-order valence-electron chi connectivity index (χ3n) is 1.83. The fourth-order valence-corrected chi connectivity index (χ4v) is 1.52. The van der Waals surface area contributed by atoms with Gasteiger partial charge in [-0.25, -0.2) is 0 Å². The Morgan fingerprint density at radius 2 is 2.00 bits per heavy atom. The zero-order chi connectivity index (χ0) is 10.4. The van der Waals surface area contributed by atoms with Crippen molar-refractivity contribution < 1.29 is 4.79 Å². The van der Waals surface area contributed by atoms with E-state index < -0.39 is 0 Å². The van der Waals surface area contributed by atoms with Crippen LogP contribution in [-0.4, -0.2) is 30.0 Å². The van der Waals surface area contributed by atoms with Gasteiger partial charge in [0.2, 0.25) is 5.91 Å². The third-order valence-corrected chi connectivity index (χ3v) is 2.66. The Hall–Kier alpha value is -0.220. The maximum Gasteiger partial charge on any atom is 0.237 e. The number of nitrogens with two attached hydrogens (primary N) is 1. The van der Waals surface area contributed by atoms with Crippen LogP contribution in [0.25, 0.3) is 0 Å². The highest BCUT2D eigenvalue weighted by Gasteiger charge is 2.18. The van der Waals surface area contributed by atoms with E-state index in [0.29, 0.717) is 0 Å². The van der Waals surface area contributed by atoms with Crippen molar-refractivity contribution in [2.24, 2.45) is 11.7 Å². The molecule has 0 saturated carbocycles. The normalized spacial score (nSPS) is 15.5. The number of thioether (sulfide) groups is 1. The maximum atomic E-state index is 11.4. The Labute approximate surface area is 84.8 Å². The van der Waals surface area contributed by atoms with E-state index in [0.717, 1.165) is 5.75 Å². The molecule has 0 heterocycles. The summed E-state index contributed by atoms with van der Waals surface area (Å²) in [6.45, 7) is 5.88. The van der Waals surface area contributed by atoms with Gasteiger partial charge in [-0.3, -0.25) is 4.79 Å². The summed E-state index contributed by atoms with van der Waals surface area (Å²) in [7, 11) is 0. The second-order valence-electron chi connectivity index (χ2n) is 3.63. The van der Waals surface area contributed by atoms with Crippen LogP contribution in [0.2, 0.25) is 0 Å². The molecular weight excluding hydrogens is 184 g/mol. The zero-order valence-corrected chi connectivity index (χ0v) is 9.65. The molecule has 0 aromatic rings. The molecule has 0 aromatic heterocycles. The molecule has 4 heteroatoms. The monoisotopic (exact) mass is 204 g/mol. The van der Waals surface area contributed by atoms with Crippen LogP contribution in [0.3, 0.4) is 0 Å². The van der Waals surface area contributed by atoms with E-state index in [-0.39, 0.29) is 23.9 Å². The Bertz CT molecular complexity index is 162. The second-order valence-corrected chi connectivity index (χ2v) is 4.55. The van der Waals surface area contributed by atoms with E-state index in [2.05, 4.69) is 5.32 Å². The lowest BCUT2D eigenvalue weighted by Gasteiger charge is -2.18. The standard InChI is InChI=1S/C9H20N2OS/c1-6(2)8(10)9(12)11-7(3)5-13-4/h6-8H,5,10H2,1-4H3,(H,11,12). The molecule has 2 atom stereocenters. The van der Waals surface area contributed by atoms with Gasteiger partial charge in [0.25, 0.3) is 0 Å². The summed E-state index contributed by atoms with van der Waals surface area (Å²) in [5.41, 5.74) is 5.69. The first-order chi connectivity index (χ1) is 5.99. The highest BCUT2D eigenvalue weighted by molar-refractivity contribution is 7.98. The Morgan fingerprint density at radius 3 is 2.38 bits per heavy atom. The molecule has 0 rings (SSSR count). The van der Waals surface area contributed by atoms with E-state index in [1.54, 1.807) is 11.8 Å². The highest BCUT2D eigenvalue weighted by atomic mass is 32.2. The summed E-state index contributed by atoms with van der Waals surface area (Å²) in [6.07, 6.45) is 2.02. The van der Waals surface area contributed by atoms with Crippen LogP contribution < -0.4 is 11.1 Å². The number of hydrogen-bond donors (Lipinski definition) is 2. The van der Waals surface area contributed by atoms with Gasteiger partial charge in [-0.1, -0.05) is 13.8 Å². The molecule has 0 aliphatic heterocycles. The van der Waals surface area contributed by atoms with Gasteiger partial charge in [-0.05, 0) is 19.1 Å². The molecular formula is C9H20N2OS. The minimum Gasteiger partial charge on any atom is -0.351 e. The van der Waals surface area contributed by atoms with E-state index in [1.807, 2.05) is 27.0 Å². The Morgan fingerprint density at radius 1 is 1.46 bits per heavy atom. The molecule has 13 heavy (non-hydrogen) atoms. The van der Waals surface area contributed by atoms with E-state index in [4.69, 9.17) is 5.73 Å². The average molecular weight is 204 g/mol. The van der Waals surface area contributed by atoms with Gasteiger partial charge < -0.3 is 11.1 Å². The molecule has 0 aromatic carbocycles. The van der Waals surface area contributed by atoms with Crippen LogP contribution in [-0.2, 0) is 4.79 Å². The van der Waals surface area contributed by atoms with Gasteiger partial charge in [0.05, 0.1) is 6.04 Å². The fraction of sp³-hybridized carbons (Fsp3) is 0.889. The zero-order valence-electron chi connectivity index (χ0n) is 8.83. The van der Waals surface area contributed by atoms with Gasteiger partial charge in [0.15, 0.2) is 0 Å². The lowest BCUT2D eigenvalue weighted by Crippen LogP contribution is -2.47. The molecule has 0 fully saturated rings. The SMILES string of the molecule is CSCC(C)NC(=O)C(N)C(C)C. The van der Waals surface area contributed by atoms with E-state index >= 15 is 0 Å². The maximum absolute atomic E-state index is 11.4. The number of rotatable bonds is 5. The average Bonchev–Trinajstić information content (AvgIpc) is 2.03. The first-order valence-electron chi connectivity index (χ1n) is 4.54. The molecule has 0 bridgehead atoms. The van der Waals surface area contributed by atoms with Crippen molar-refractivity contribution in [3.8, 4) is 0 Å². The number of carbonyl (C=O) groups is 1. The molecule has 0 aliphatic rings. The third kappa shape index (κ3) is 5.16. The van der Waals surface area contributed by atoms with Crippen molar-refractivity contribution in [3.05, 3.63) is 0 Å². The minimum absolute atomic E-state index is 0.0449. The molecule has 0 saturated heterocycles. The van der Waals surface area contributed by atoms with Gasteiger partial charge in [0.1, 0.15) is 0 Å². The van der Waals surface area contributed by atoms with Crippen LogP contribution in [0.1, 0.15) is 20.8 Å². The van der Waals surface area contributed by atoms with Crippen LogP contribution in [0.5, 0.6) is 0 Å². The summed E-state index contributed by atoms with van der Waals surface area (Å²) in [5.74, 6) is 1.08. The van der Waals surface area contributed by atoms with Gasteiger partial charge in [-0.15, -0.1) is 0 Å². The summed E-state index contributed by atoms with van der Waals surface area (Å²) in [5, 5.41) is 2.88. The topological polar surface area (TPSA) is 55.1 Å². The van der Waals surface area contributed by atoms with Crippen molar-refractivity contribution in [3.63, 3.8) is 0 Å². The lowest BCUT2D eigenvalue weighted by atomic mass is 10.0. The molecule has 3 nitrogen and oxygen atoms in total. The lowest BCUT2D eigenvalue weighted by molar-refractivity contribution is -0.123. The number of hydrogen-bond acceptors (Lipinski definition) is 3. The smallest absolute Gasteiger partial charge is 0.237 e. The van der Waals surface area contributed by atoms with Crippen molar-refractivity contribution in [1.29, 1.82) is 0 Å². The largest absolute Gasteiger partial charge is 0.351 e. The van der Waals surface area contributed by atoms with Crippen molar-refractivity contribution in [2.45, 2.75) is 32.9 Å². The predicted octanol–water partition coefficient (Wildman–Crippen LogP) is 0.837. The van der Waals surface area contributed by atoms with Gasteiger partial charge in [-0.2, -0.15) is 11.8 Å². The molecule has 1 amide bonds. The first-order valence-corrected chi connectivity index (χ1v) is 5.93. The van der Waals surface area contributed by atoms with E-state index in [1.165, 1.54) is 0 Å². The summed E-state index contributed by atoms with van der Waals surface area (Å²) < 4.78 is 0. The highest BCUT2D eigenvalue weighted by Crippen LogP contribution is 2.00. The quantitative estimate of drug-likeness (QED) is 0.697. The van der Waals surface area contributed by atoms with Crippen LogP contribution in [0.15, 0.2) is 0 Å². The van der Waals surface area contributed by atoms with Crippen molar-refractivity contribution in [1.82, 2.24) is 5.32 Å². The predicted molar refractivity (Wildman–Crippen MR) is 58.8 cm³/mol. The van der Waals surface area contributed by atoms with Crippen LogP contribution in [0.4, 0.5) is 0 Å². The Kier molecular flexibility index (Phi) is 6.16. The summed E-state index contributed by atoms with van der Waals surface area (Å²) in [6, 6.07) is -0.184. The molecule has 2 unspecified atom stereocenters. The fourth-order valence-electron chi connectivity index (χ4n) is 0.933. The molecule has 78 valence electrons. The molecule has 0 aliphatic carbocycles. The van der Waals surface area contributed by atoms with Gasteiger partial charge in [0, 0.05) is 11.8 Å². The molecule has 0 radical (unpaired) electrons. The second kappa shape index (κ2) is 6.27. The number of amides is 1. The summed E-state index contributed by atoms with van der Waals surface area (Å²) in [4.78, 5) is 11.4. The first kappa shape index (κ1) is 12.8. The Balaban J connectivity index is 3.85. The van der Waals surface area contributed by atoms with E-state index in [9.17, 15) is 4.79 Å². The number of nitrogens with one attached hydrogen (secondary N) is 1.